The number of carbonyl (C=O) groups is 2. The molecule has 146 valence electrons. The van der Waals surface area contributed by atoms with Gasteiger partial charge >= 0.3 is 12.1 Å². The number of aliphatic carboxylic acids is 1. The summed E-state index contributed by atoms with van der Waals surface area (Å²) in [6, 6.07) is 3.14. The van der Waals surface area contributed by atoms with Gasteiger partial charge in [-0.3, -0.25) is 4.79 Å². The Labute approximate surface area is 151 Å². The van der Waals surface area contributed by atoms with Crippen LogP contribution in [0.15, 0.2) is 24.3 Å². The molecule has 0 aliphatic carbocycles. The highest BCUT2D eigenvalue weighted by atomic mass is 19.4. The SMILES string of the molecule is CC(C)C[C@@H](NC(=O)c1nnn(-c2ccccc2F)c1C(F)(F)F)C(=O)O. The van der Waals surface area contributed by atoms with Crippen molar-refractivity contribution in [2.45, 2.75) is 32.5 Å². The highest BCUT2D eigenvalue weighted by molar-refractivity contribution is 5.96. The molecule has 7 nitrogen and oxygen atoms in total. The summed E-state index contributed by atoms with van der Waals surface area (Å²) in [5.74, 6) is -3.89. The second kappa shape index (κ2) is 7.72. The average molecular weight is 388 g/mol. The number of rotatable bonds is 6. The molecule has 0 aliphatic heterocycles. The normalized spacial score (nSPS) is 12.9. The summed E-state index contributed by atoms with van der Waals surface area (Å²) in [4.78, 5) is 23.5. The van der Waals surface area contributed by atoms with Crippen LogP contribution in [-0.4, -0.2) is 38.0 Å². The minimum Gasteiger partial charge on any atom is -0.480 e. The van der Waals surface area contributed by atoms with Crippen LogP contribution in [0.3, 0.4) is 0 Å². The molecular weight excluding hydrogens is 372 g/mol. The topological polar surface area (TPSA) is 97.1 Å². The van der Waals surface area contributed by atoms with Crippen LogP contribution in [-0.2, 0) is 11.0 Å². The van der Waals surface area contributed by atoms with Crippen LogP contribution in [0.1, 0.15) is 36.5 Å². The molecule has 0 unspecified atom stereocenters. The lowest BCUT2D eigenvalue weighted by Gasteiger charge is -2.16. The molecule has 0 radical (unpaired) electrons. The van der Waals surface area contributed by atoms with Crippen molar-refractivity contribution in [1.29, 1.82) is 0 Å². The minimum atomic E-state index is -5.09. The van der Waals surface area contributed by atoms with Crippen molar-refractivity contribution in [2.24, 2.45) is 5.92 Å². The van der Waals surface area contributed by atoms with Gasteiger partial charge in [0.2, 0.25) is 0 Å². The maximum atomic E-state index is 13.9. The number of alkyl halides is 3. The number of hydrogen-bond donors (Lipinski definition) is 2. The molecule has 0 fully saturated rings. The lowest BCUT2D eigenvalue weighted by atomic mass is 10.0. The summed E-state index contributed by atoms with van der Waals surface area (Å²) in [6.07, 6.45) is -5.08. The van der Waals surface area contributed by atoms with E-state index in [2.05, 4.69) is 10.3 Å². The third-order valence-electron chi connectivity index (χ3n) is 3.55. The zero-order valence-corrected chi connectivity index (χ0v) is 14.3. The number of carbonyl (C=O) groups excluding carboxylic acids is 1. The van der Waals surface area contributed by atoms with Crippen molar-refractivity contribution >= 4 is 11.9 Å². The molecule has 0 aliphatic rings. The van der Waals surface area contributed by atoms with E-state index in [1.807, 2.05) is 5.32 Å². The molecule has 0 spiro atoms. The highest BCUT2D eigenvalue weighted by Gasteiger charge is 2.43. The standard InChI is InChI=1S/C16H16F4N4O3/c1-8(2)7-10(15(26)27)21-14(25)12-13(16(18,19)20)24(23-22-12)11-6-4-3-5-9(11)17/h3-6,8,10H,7H2,1-2H3,(H,21,25)(H,26,27)/t10-/m1/s1. The fraction of sp³-hybridized carbons (Fsp3) is 0.375. The fourth-order valence-corrected chi connectivity index (χ4v) is 2.40. The Morgan fingerprint density at radius 2 is 1.89 bits per heavy atom. The van der Waals surface area contributed by atoms with Gasteiger partial charge in [0, 0.05) is 0 Å². The number of carboxylic acid groups (broad SMARTS) is 1. The van der Waals surface area contributed by atoms with Crippen molar-refractivity contribution in [3.8, 4) is 5.69 Å². The molecule has 27 heavy (non-hydrogen) atoms. The molecule has 1 amide bonds. The fourth-order valence-electron chi connectivity index (χ4n) is 2.40. The number of benzene rings is 1. The predicted molar refractivity (Wildman–Crippen MR) is 84.7 cm³/mol. The Bertz CT molecular complexity index is 848. The van der Waals surface area contributed by atoms with E-state index < -0.39 is 47.0 Å². The van der Waals surface area contributed by atoms with Gasteiger partial charge in [-0.1, -0.05) is 31.2 Å². The molecule has 1 aromatic heterocycles. The third-order valence-corrected chi connectivity index (χ3v) is 3.55. The van der Waals surface area contributed by atoms with Crippen LogP contribution in [0.2, 0.25) is 0 Å². The smallest absolute Gasteiger partial charge is 0.435 e. The highest BCUT2D eigenvalue weighted by Crippen LogP contribution is 2.33. The number of nitrogens with one attached hydrogen (secondary N) is 1. The Kier molecular flexibility index (Phi) is 5.82. The number of hydrogen-bond acceptors (Lipinski definition) is 4. The Hall–Kier alpha value is -2.98. The molecule has 2 rings (SSSR count). The quantitative estimate of drug-likeness (QED) is 0.742. The minimum absolute atomic E-state index is 0.00384. The molecule has 1 aromatic carbocycles. The number of carboxylic acids is 1. The lowest BCUT2D eigenvalue weighted by Crippen LogP contribution is -2.42. The molecule has 1 atom stereocenters. The summed E-state index contributed by atoms with van der Waals surface area (Å²) in [5, 5.41) is 17.6. The molecular formula is C16H16F4N4O3. The van der Waals surface area contributed by atoms with E-state index >= 15 is 0 Å². The summed E-state index contributed by atoms with van der Waals surface area (Å²) in [6.45, 7) is 3.38. The van der Waals surface area contributed by atoms with E-state index in [1.165, 1.54) is 12.1 Å². The van der Waals surface area contributed by atoms with Gasteiger partial charge in [0.25, 0.3) is 5.91 Å². The van der Waals surface area contributed by atoms with Crippen LogP contribution in [0, 0.1) is 11.7 Å². The number of amides is 1. The van der Waals surface area contributed by atoms with Crippen molar-refractivity contribution in [3.05, 3.63) is 41.5 Å². The predicted octanol–water partition coefficient (Wildman–Crippen LogP) is 2.65. The Morgan fingerprint density at radius 3 is 2.41 bits per heavy atom. The van der Waals surface area contributed by atoms with Gasteiger partial charge in [-0.2, -0.15) is 13.2 Å². The summed E-state index contributed by atoms with van der Waals surface area (Å²) >= 11 is 0. The second-order valence-corrected chi connectivity index (χ2v) is 6.14. The van der Waals surface area contributed by atoms with Gasteiger partial charge in [-0.15, -0.1) is 5.10 Å². The first-order valence-corrected chi connectivity index (χ1v) is 7.83. The van der Waals surface area contributed by atoms with E-state index in [1.54, 1.807) is 13.8 Å². The number of para-hydroxylation sites is 1. The van der Waals surface area contributed by atoms with Gasteiger partial charge < -0.3 is 10.4 Å². The van der Waals surface area contributed by atoms with E-state index in [0.717, 1.165) is 12.1 Å². The van der Waals surface area contributed by atoms with Crippen LogP contribution < -0.4 is 5.32 Å². The summed E-state index contributed by atoms with van der Waals surface area (Å²) < 4.78 is 54.6. The maximum absolute atomic E-state index is 13.9. The van der Waals surface area contributed by atoms with E-state index in [4.69, 9.17) is 5.11 Å². The van der Waals surface area contributed by atoms with Gasteiger partial charge in [0.1, 0.15) is 17.5 Å². The second-order valence-electron chi connectivity index (χ2n) is 6.14. The van der Waals surface area contributed by atoms with Crippen molar-refractivity contribution in [2.75, 3.05) is 0 Å². The molecule has 11 heteroatoms. The molecule has 0 saturated carbocycles. The maximum Gasteiger partial charge on any atom is 0.435 e. The number of aromatic nitrogens is 3. The number of halogens is 4. The van der Waals surface area contributed by atoms with E-state index in [0.29, 0.717) is 0 Å². The van der Waals surface area contributed by atoms with Crippen LogP contribution in [0.5, 0.6) is 0 Å². The van der Waals surface area contributed by atoms with Gasteiger partial charge in [0.05, 0.1) is 0 Å². The monoisotopic (exact) mass is 388 g/mol. The summed E-state index contributed by atoms with van der Waals surface area (Å²) in [5.41, 5.74) is -3.28. The van der Waals surface area contributed by atoms with Gasteiger partial charge in [-0.05, 0) is 24.5 Å². The average Bonchev–Trinajstić information content (AvgIpc) is 2.99. The number of nitrogens with zero attached hydrogens (tertiary/aromatic N) is 3. The molecule has 2 N–H and O–H groups in total. The molecule has 1 heterocycles. The van der Waals surface area contributed by atoms with Crippen molar-refractivity contribution < 1.29 is 32.3 Å². The molecule has 0 bridgehead atoms. The van der Waals surface area contributed by atoms with E-state index in [9.17, 15) is 27.2 Å². The summed E-state index contributed by atoms with van der Waals surface area (Å²) in [7, 11) is 0. The largest absolute Gasteiger partial charge is 0.480 e. The first-order chi connectivity index (χ1) is 12.5. The van der Waals surface area contributed by atoms with Crippen molar-refractivity contribution in [3.63, 3.8) is 0 Å². The van der Waals surface area contributed by atoms with Gasteiger partial charge in [0.15, 0.2) is 11.4 Å². The Morgan fingerprint density at radius 1 is 1.26 bits per heavy atom. The zero-order chi connectivity index (χ0) is 20.4. The zero-order valence-electron chi connectivity index (χ0n) is 14.3. The van der Waals surface area contributed by atoms with Crippen LogP contribution in [0.25, 0.3) is 5.69 Å². The van der Waals surface area contributed by atoms with Crippen LogP contribution >= 0.6 is 0 Å². The molecule has 0 saturated heterocycles. The third kappa shape index (κ3) is 4.60. The van der Waals surface area contributed by atoms with Crippen LogP contribution in [0.4, 0.5) is 17.6 Å². The molecule has 2 aromatic rings. The van der Waals surface area contributed by atoms with Crippen molar-refractivity contribution in [1.82, 2.24) is 20.3 Å². The Balaban J connectivity index is 2.47. The first kappa shape index (κ1) is 20.3. The first-order valence-electron chi connectivity index (χ1n) is 7.83. The van der Waals surface area contributed by atoms with Gasteiger partial charge in [-0.25, -0.2) is 13.9 Å². The lowest BCUT2D eigenvalue weighted by molar-refractivity contribution is -0.143. The van der Waals surface area contributed by atoms with E-state index in [-0.39, 0.29) is 17.0 Å².